The first kappa shape index (κ1) is 17.9. The minimum atomic E-state index is 0.573. The molecule has 0 radical (unpaired) electrons. The topological polar surface area (TPSA) is 62.3 Å². The highest BCUT2D eigenvalue weighted by Crippen LogP contribution is 2.24. The van der Waals surface area contributed by atoms with Gasteiger partial charge in [-0.15, -0.1) is 0 Å². The number of methoxy groups -OCH3 is 1. The van der Waals surface area contributed by atoms with Crippen LogP contribution in [0.1, 0.15) is 6.42 Å². The van der Waals surface area contributed by atoms with Crippen LogP contribution in [0.2, 0.25) is 0 Å². The zero-order chi connectivity index (χ0) is 18.4. The summed E-state index contributed by atoms with van der Waals surface area (Å²) >= 11 is 0. The van der Waals surface area contributed by atoms with Crippen molar-refractivity contribution in [2.24, 2.45) is 0 Å². The molecule has 0 bridgehead atoms. The monoisotopic (exact) mass is 351 g/mol. The Balaban J connectivity index is 1.81. The third kappa shape index (κ3) is 4.61. The summed E-state index contributed by atoms with van der Waals surface area (Å²) in [6, 6.07) is 15.7. The van der Waals surface area contributed by atoms with Gasteiger partial charge in [0.2, 0.25) is 5.95 Å². The highest BCUT2D eigenvalue weighted by Gasteiger charge is 2.08. The smallest absolute Gasteiger partial charge is 0.229 e. The third-order valence-electron chi connectivity index (χ3n) is 4.02. The SMILES string of the molecule is COc1ccc(Nc2nc(NCCCN(C)C)c3ccccc3n2)cc1. The van der Waals surface area contributed by atoms with Crippen LogP contribution in [-0.4, -0.2) is 49.2 Å². The fourth-order valence-corrected chi connectivity index (χ4v) is 2.67. The van der Waals surface area contributed by atoms with Gasteiger partial charge in [0.05, 0.1) is 12.6 Å². The second-order valence-electron chi connectivity index (χ2n) is 6.35. The molecule has 0 fully saturated rings. The molecule has 3 aromatic rings. The van der Waals surface area contributed by atoms with Gasteiger partial charge in [0.25, 0.3) is 0 Å². The molecule has 0 aliphatic rings. The molecular formula is C20H25N5O. The molecule has 0 atom stereocenters. The lowest BCUT2D eigenvalue weighted by atomic mass is 10.2. The van der Waals surface area contributed by atoms with Gasteiger partial charge in [0.15, 0.2) is 0 Å². The number of aromatic nitrogens is 2. The lowest BCUT2D eigenvalue weighted by Crippen LogP contribution is -2.17. The van der Waals surface area contributed by atoms with Crippen molar-refractivity contribution in [1.29, 1.82) is 0 Å². The Morgan fingerprint density at radius 1 is 1.00 bits per heavy atom. The Labute approximate surface area is 154 Å². The van der Waals surface area contributed by atoms with Gasteiger partial charge >= 0.3 is 0 Å². The number of anilines is 3. The van der Waals surface area contributed by atoms with Crippen molar-refractivity contribution < 1.29 is 4.74 Å². The molecule has 2 aromatic carbocycles. The molecule has 26 heavy (non-hydrogen) atoms. The Morgan fingerprint density at radius 3 is 2.50 bits per heavy atom. The summed E-state index contributed by atoms with van der Waals surface area (Å²) in [4.78, 5) is 11.5. The molecule has 0 spiro atoms. The molecule has 2 N–H and O–H groups in total. The van der Waals surface area contributed by atoms with Crippen molar-refractivity contribution in [3.63, 3.8) is 0 Å². The average molecular weight is 351 g/mol. The molecule has 6 heteroatoms. The summed E-state index contributed by atoms with van der Waals surface area (Å²) in [6.07, 6.45) is 1.05. The largest absolute Gasteiger partial charge is 0.497 e. The van der Waals surface area contributed by atoms with E-state index in [0.717, 1.165) is 47.7 Å². The number of benzene rings is 2. The fourth-order valence-electron chi connectivity index (χ4n) is 2.67. The fraction of sp³-hybridized carbons (Fsp3) is 0.300. The second-order valence-corrected chi connectivity index (χ2v) is 6.35. The first-order valence-electron chi connectivity index (χ1n) is 8.72. The molecule has 0 unspecified atom stereocenters. The van der Waals surface area contributed by atoms with Crippen molar-refractivity contribution in [2.75, 3.05) is 44.9 Å². The summed E-state index contributed by atoms with van der Waals surface area (Å²) in [5.74, 6) is 2.24. The predicted molar refractivity (Wildman–Crippen MR) is 107 cm³/mol. The Bertz CT molecular complexity index is 848. The lowest BCUT2D eigenvalue weighted by molar-refractivity contribution is 0.405. The van der Waals surface area contributed by atoms with E-state index in [1.54, 1.807) is 7.11 Å². The van der Waals surface area contributed by atoms with Gasteiger partial charge < -0.3 is 20.3 Å². The van der Waals surface area contributed by atoms with Gasteiger partial charge in [-0.3, -0.25) is 0 Å². The van der Waals surface area contributed by atoms with E-state index >= 15 is 0 Å². The highest BCUT2D eigenvalue weighted by molar-refractivity contribution is 5.90. The maximum Gasteiger partial charge on any atom is 0.229 e. The molecule has 136 valence electrons. The molecule has 1 aromatic heterocycles. The number of hydrogen-bond acceptors (Lipinski definition) is 6. The van der Waals surface area contributed by atoms with Crippen molar-refractivity contribution in [3.05, 3.63) is 48.5 Å². The van der Waals surface area contributed by atoms with Gasteiger partial charge in [-0.05, 0) is 63.5 Å². The molecular weight excluding hydrogens is 326 g/mol. The Kier molecular flexibility index (Phi) is 5.86. The quantitative estimate of drug-likeness (QED) is 0.603. The number of nitrogens with zero attached hydrogens (tertiary/aromatic N) is 3. The summed E-state index contributed by atoms with van der Waals surface area (Å²) in [6.45, 7) is 1.90. The number of ether oxygens (including phenoxy) is 1. The molecule has 0 aliphatic carbocycles. The first-order chi connectivity index (χ1) is 12.7. The van der Waals surface area contributed by atoms with E-state index in [9.17, 15) is 0 Å². The van der Waals surface area contributed by atoms with E-state index in [1.807, 2.05) is 48.5 Å². The standard InChI is InChI=1S/C20H25N5O/c1-25(2)14-6-13-21-19-17-7-4-5-8-18(17)23-20(24-19)22-15-9-11-16(26-3)12-10-15/h4-5,7-12H,6,13-14H2,1-3H3,(H2,21,22,23,24). The van der Waals surface area contributed by atoms with Crippen LogP contribution in [0, 0.1) is 0 Å². The van der Waals surface area contributed by atoms with Crippen molar-refractivity contribution in [2.45, 2.75) is 6.42 Å². The highest BCUT2D eigenvalue weighted by atomic mass is 16.5. The molecule has 0 amide bonds. The Morgan fingerprint density at radius 2 is 1.77 bits per heavy atom. The Hall–Kier alpha value is -2.86. The van der Waals surface area contributed by atoms with Gasteiger partial charge in [-0.2, -0.15) is 4.98 Å². The molecule has 0 saturated heterocycles. The molecule has 1 heterocycles. The van der Waals surface area contributed by atoms with Crippen LogP contribution in [0.15, 0.2) is 48.5 Å². The third-order valence-corrected chi connectivity index (χ3v) is 4.02. The summed E-state index contributed by atoms with van der Waals surface area (Å²) in [5, 5.41) is 7.75. The maximum absolute atomic E-state index is 5.20. The minimum absolute atomic E-state index is 0.573. The van der Waals surface area contributed by atoms with Crippen LogP contribution in [0.4, 0.5) is 17.5 Å². The van der Waals surface area contributed by atoms with E-state index in [4.69, 9.17) is 4.74 Å². The second kappa shape index (κ2) is 8.49. The number of hydrogen-bond donors (Lipinski definition) is 2. The van der Waals surface area contributed by atoms with Gasteiger partial charge in [0, 0.05) is 17.6 Å². The summed E-state index contributed by atoms with van der Waals surface area (Å²) in [5.41, 5.74) is 1.83. The van der Waals surface area contributed by atoms with Crippen LogP contribution in [0.25, 0.3) is 10.9 Å². The van der Waals surface area contributed by atoms with Crippen LogP contribution >= 0.6 is 0 Å². The number of fused-ring (bicyclic) bond motifs is 1. The number of nitrogens with one attached hydrogen (secondary N) is 2. The van der Waals surface area contributed by atoms with Crippen molar-refractivity contribution in [3.8, 4) is 5.75 Å². The average Bonchev–Trinajstić information content (AvgIpc) is 2.65. The first-order valence-corrected chi connectivity index (χ1v) is 8.72. The van der Waals surface area contributed by atoms with Crippen LogP contribution in [-0.2, 0) is 0 Å². The zero-order valence-corrected chi connectivity index (χ0v) is 15.5. The van der Waals surface area contributed by atoms with Crippen LogP contribution in [0.5, 0.6) is 5.75 Å². The normalized spacial score (nSPS) is 10.9. The summed E-state index contributed by atoms with van der Waals surface area (Å²) < 4.78 is 5.20. The number of rotatable bonds is 8. The molecule has 6 nitrogen and oxygen atoms in total. The van der Waals surface area contributed by atoms with Gasteiger partial charge in [-0.25, -0.2) is 4.98 Å². The predicted octanol–water partition coefficient (Wildman–Crippen LogP) is 3.75. The van der Waals surface area contributed by atoms with Crippen LogP contribution < -0.4 is 15.4 Å². The maximum atomic E-state index is 5.20. The molecule has 3 rings (SSSR count). The van der Waals surface area contributed by atoms with Crippen molar-refractivity contribution >= 4 is 28.4 Å². The van der Waals surface area contributed by atoms with Gasteiger partial charge in [0.1, 0.15) is 11.6 Å². The lowest BCUT2D eigenvalue weighted by Gasteiger charge is -2.13. The van der Waals surface area contributed by atoms with Crippen molar-refractivity contribution in [1.82, 2.24) is 14.9 Å². The van der Waals surface area contributed by atoms with E-state index < -0.39 is 0 Å². The minimum Gasteiger partial charge on any atom is -0.497 e. The summed E-state index contributed by atoms with van der Waals surface area (Å²) in [7, 11) is 5.82. The van der Waals surface area contributed by atoms with Crippen LogP contribution in [0.3, 0.4) is 0 Å². The number of para-hydroxylation sites is 1. The van der Waals surface area contributed by atoms with E-state index in [0.29, 0.717) is 5.95 Å². The van der Waals surface area contributed by atoms with E-state index in [2.05, 4.69) is 39.6 Å². The van der Waals surface area contributed by atoms with E-state index in [-0.39, 0.29) is 0 Å². The zero-order valence-electron chi connectivity index (χ0n) is 15.5. The molecule has 0 saturated carbocycles. The molecule has 0 aliphatic heterocycles. The van der Waals surface area contributed by atoms with E-state index in [1.165, 1.54) is 0 Å². The van der Waals surface area contributed by atoms with Gasteiger partial charge in [-0.1, -0.05) is 12.1 Å².